The van der Waals surface area contributed by atoms with Crippen molar-refractivity contribution in [2.75, 3.05) is 6.26 Å². The molecule has 5 rings (SSSR count). The van der Waals surface area contributed by atoms with Crippen LogP contribution in [0.1, 0.15) is 20.9 Å². The standard InChI is InChI=1S/C27H22ClFN4O6S3/c1-41(36,37)31-14-18-9-11-23(40-18)42(38,39)32-27(35)25-24(19-6-4-12-30-26(19)34)20-13-17(28)8-10-22(20)33(25)15-16-5-2-3-7-21(16)29/h2-13,31H,14-15H2,1H3,(H,30,34)(H,32,35). The second kappa shape index (κ2) is 11.5. The lowest BCUT2D eigenvalue weighted by atomic mass is 10.0. The van der Waals surface area contributed by atoms with Crippen molar-refractivity contribution < 1.29 is 26.0 Å². The third kappa shape index (κ3) is 6.17. The molecule has 0 aliphatic rings. The number of carbonyl (C=O) groups excluding carboxylic acids is 1. The van der Waals surface area contributed by atoms with Crippen LogP contribution in [0.25, 0.3) is 22.0 Å². The molecule has 0 radical (unpaired) electrons. The number of nitrogens with zero attached hydrogens (tertiary/aromatic N) is 1. The van der Waals surface area contributed by atoms with Crippen LogP contribution in [-0.2, 0) is 33.1 Å². The lowest BCUT2D eigenvalue weighted by Crippen LogP contribution is -2.32. The van der Waals surface area contributed by atoms with Crippen molar-refractivity contribution in [2.24, 2.45) is 0 Å². The first kappa shape index (κ1) is 29.7. The van der Waals surface area contributed by atoms with Crippen molar-refractivity contribution in [3.63, 3.8) is 0 Å². The van der Waals surface area contributed by atoms with Crippen molar-refractivity contribution >= 4 is 59.8 Å². The summed E-state index contributed by atoms with van der Waals surface area (Å²) in [7, 11) is -7.97. The lowest BCUT2D eigenvalue weighted by Gasteiger charge is -2.13. The summed E-state index contributed by atoms with van der Waals surface area (Å²) in [5, 5.41) is 0.677. The fraction of sp³-hybridized carbons (Fsp3) is 0.111. The van der Waals surface area contributed by atoms with Crippen molar-refractivity contribution in [1.29, 1.82) is 0 Å². The Morgan fingerprint density at radius 1 is 1.05 bits per heavy atom. The van der Waals surface area contributed by atoms with E-state index in [1.165, 1.54) is 47.2 Å². The number of hydrogen-bond acceptors (Lipinski definition) is 7. The number of pyridine rings is 1. The summed E-state index contributed by atoms with van der Waals surface area (Å²) < 4.78 is 69.8. The van der Waals surface area contributed by atoms with Gasteiger partial charge in [-0.15, -0.1) is 11.3 Å². The number of benzene rings is 2. The molecule has 5 aromatic rings. The molecule has 218 valence electrons. The molecule has 0 aliphatic carbocycles. The van der Waals surface area contributed by atoms with Crippen LogP contribution in [0, 0.1) is 5.82 Å². The minimum absolute atomic E-state index is 0.0739. The average molecular weight is 649 g/mol. The molecular formula is C27H22ClFN4O6S3. The van der Waals surface area contributed by atoms with E-state index < -0.39 is 37.3 Å². The van der Waals surface area contributed by atoms with Crippen LogP contribution < -0.4 is 15.0 Å². The number of amides is 1. The number of halogens is 2. The van der Waals surface area contributed by atoms with Crippen LogP contribution in [0.3, 0.4) is 0 Å². The Morgan fingerprint density at radius 2 is 1.81 bits per heavy atom. The van der Waals surface area contributed by atoms with E-state index in [4.69, 9.17) is 11.6 Å². The van der Waals surface area contributed by atoms with Crippen LogP contribution in [0.15, 0.2) is 81.9 Å². The summed E-state index contributed by atoms with van der Waals surface area (Å²) in [5.41, 5.74) is 0.0733. The minimum atomic E-state index is -4.45. The Morgan fingerprint density at radius 3 is 2.52 bits per heavy atom. The number of aromatic amines is 1. The normalized spacial score (nSPS) is 12.1. The van der Waals surface area contributed by atoms with Gasteiger partial charge in [0, 0.05) is 50.2 Å². The van der Waals surface area contributed by atoms with Crippen LogP contribution >= 0.6 is 22.9 Å². The van der Waals surface area contributed by atoms with Crippen molar-refractivity contribution in [2.45, 2.75) is 17.3 Å². The molecule has 10 nitrogen and oxygen atoms in total. The molecule has 0 saturated carbocycles. The molecule has 2 aromatic carbocycles. The van der Waals surface area contributed by atoms with E-state index in [0.29, 0.717) is 20.8 Å². The van der Waals surface area contributed by atoms with Gasteiger partial charge in [-0.25, -0.2) is 30.7 Å². The Kier molecular flexibility index (Phi) is 8.09. The molecule has 0 saturated heterocycles. The van der Waals surface area contributed by atoms with E-state index in [0.717, 1.165) is 17.6 Å². The number of carbonyl (C=O) groups is 1. The maximum atomic E-state index is 14.8. The van der Waals surface area contributed by atoms with Crippen LogP contribution in [0.2, 0.25) is 5.02 Å². The predicted octanol–water partition coefficient (Wildman–Crippen LogP) is 4.07. The van der Waals surface area contributed by atoms with Gasteiger partial charge >= 0.3 is 0 Å². The van der Waals surface area contributed by atoms with Gasteiger partial charge in [-0.05, 0) is 48.5 Å². The van der Waals surface area contributed by atoms with E-state index in [-0.39, 0.29) is 39.7 Å². The van der Waals surface area contributed by atoms with Crippen molar-refractivity contribution in [3.05, 3.63) is 110 Å². The van der Waals surface area contributed by atoms with Gasteiger partial charge in [0.25, 0.3) is 21.5 Å². The second-order valence-corrected chi connectivity index (χ2v) is 14.6. The second-order valence-electron chi connectivity index (χ2n) is 9.22. The number of sulfonamides is 2. The molecule has 3 N–H and O–H groups in total. The molecule has 0 fully saturated rings. The Hall–Kier alpha value is -3.82. The van der Waals surface area contributed by atoms with Crippen LogP contribution in [0.5, 0.6) is 0 Å². The largest absolute Gasteiger partial charge is 0.331 e. The number of fused-ring (bicyclic) bond motifs is 1. The third-order valence-corrected chi connectivity index (χ3v) is 10.1. The molecule has 0 aliphatic heterocycles. The highest BCUT2D eigenvalue weighted by Gasteiger charge is 2.30. The van der Waals surface area contributed by atoms with Gasteiger partial charge in [0.05, 0.1) is 12.8 Å². The molecule has 3 aromatic heterocycles. The molecule has 0 spiro atoms. The topological polar surface area (TPSA) is 147 Å². The lowest BCUT2D eigenvalue weighted by molar-refractivity contribution is 0.0974. The number of H-pyrrole nitrogens is 1. The average Bonchev–Trinajstić information content (AvgIpc) is 3.52. The van der Waals surface area contributed by atoms with Gasteiger partial charge in [-0.3, -0.25) is 9.59 Å². The zero-order valence-electron chi connectivity index (χ0n) is 21.7. The van der Waals surface area contributed by atoms with Crippen LogP contribution in [0.4, 0.5) is 4.39 Å². The van der Waals surface area contributed by atoms with Gasteiger partial charge in [-0.2, -0.15) is 0 Å². The number of thiophene rings is 1. The monoisotopic (exact) mass is 648 g/mol. The Labute approximate surface area is 248 Å². The smallest absolute Gasteiger partial charge is 0.282 e. The predicted molar refractivity (Wildman–Crippen MR) is 159 cm³/mol. The summed E-state index contributed by atoms with van der Waals surface area (Å²) in [6, 6.07) is 16.4. The first-order valence-corrected chi connectivity index (χ1v) is 16.7. The molecule has 0 unspecified atom stereocenters. The molecule has 42 heavy (non-hydrogen) atoms. The fourth-order valence-corrected chi connectivity index (χ4v) is 7.37. The zero-order valence-corrected chi connectivity index (χ0v) is 24.9. The molecule has 0 atom stereocenters. The van der Waals surface area contributed by atoms with E-state index in [2.05, 4.69) is 14.4 Å². The SMILES string of the molecule is CS(=O)(=O)NCc1ccc(S(=O)(=O)NC(=O)c2c(-c3ccc[nH]c3=O)c3cc(Cl)ccc3n2Cc2ccccc2F)s1. The Balaban J connectivity index is 1.66. The summed E-state index contributed by atoms with van der Waals surface area (Å²) in [4.78, 5) is 29.8. The number of aromatic nitrogens is 2. The first-order chi connectivity index (χ1) is 19.8. The molecule has 0 bridgehead atoms. The molecule has 3 heterocycles. The van der Waals surface area contributed by atoms with Gasteiger partial charge in [0.15, 0.2) is 0 Å². The molecule has 15 heteroatoms. The van der Waals surface area contributed by atoms with E-state index in [1.807, 2.05) is 0 Å². The maximum Gasteiger partial charge on any atom is 0.282 e. The number of rotatable bonds is 9. The van der Waals surface area contributed by atoms with E-state index >= 15 is 0 Å². The minimum Gasteiger partial charge on any atom is -0.331 e. The quantitative estimate of drug-likeness (QED) is 0.220. The fourth-order valence-electron chi connectivity index (χ4n) is 4.44. The van der Waals surface area contributed by atoms with E-state index in [1.54, 1.807) is 30.3 Å². The van der Waals surface area contributed by atoms with E-state index in [9.17, 15) is 30.8 Å². The highest BCUT2D eigenvalue weighted by atomic mass is 35.5. The summed E-state index contributed by atoms with van der Waals surface area (Å²) in [6.07, 6.45) is 2.38. The molecule has 1 amide bonds. The van der Waals surface area contributed by atoms with Crippen molar-refractivity contribution in [1.82, 2.24) is 19.0 Å². The third-order valence-electron chi connectivity index (χ3n) is 6.25. The van der Waals surface area contributed by atoms with Gasteiger partial charge in [0.1, 0.15) is 15.7 Å². The van der Waals surface area contributed by atoms with Crippen LogP contribution in [-0.4, -0.2) is 38.5 Å². The van der Waals surface area contributed by atoms with Gasteiger partial charge in [-0.1, -0.05) is 29.8 Å². The highest BCUT2D eigenvalue weighted by molar-refractivity contribution is 7.92. The maximum absolute atomic E-state index is 14.8. The van der Waals surface area contributed by atoms with Crippen molar-refractivity contribution in [3.8, 4) is 11.1 Å². The summed E-state index contributed by atoms with van der Waals surface area (Å²) >= 11 is 7.07. The summed E-state index contributed by atoms with van der Waals surface area (Å²) in [6.45, 7) is -0.301. The highest BCUT2D eigenvalue weighted by Crippen LogP contribution is 2.36. The first-order valence-electron chi connectivity index (χ1n) is 12.2. The van der Waals surface area contributed by atoms with Gasteiger partial charge in [0.2, 0.25) is 10.0 Å². The number of hydrogen-bond donors (Lipinski definition) is 3. The zero-order chi connectivity index (χ0) is 30.2. The summed E-state index contributed by atoms with van der Waals surface area (Å²) in [5.74, 6) is -1.61. The molecular weight excluding hydrogens is 627 g/mol. The van der Waals surface area contributed by atoms with Gasteiger partial charge < -0.3 is 9.55 Å². The number of nitrogens with one attached hydrogen (secondary N) is 3. The Bertz CT molecular complexity index is 2120.